The Morgan fingerprint density at radius 3 is 2.36 bits per heavy atom. The van der Waals surface area contributed by atoms with Gasteiger partial charge in [-0.25, -0.2) is 18.5 Å². The summed E-state index contributed by atoms with van der Waals surface area (Å²) >= 11 is 0. The molecule has 0 aliphatic rings. The van der Waals surface area contributed by atoms with E-state index in [-0.39, 0.29) is 22.1 Å². The van der Waals surface area contributed by atoms with Crippen molar-refractivity contribution in [2.45, 2.75) is 11.3 Å². The Bertz CT molecular complexity index is 1030. The third-order valence-corrected chi connectivity index (χ3v) is 4.43. The highest BCUT2D eigenvalue weighted by Crippen LogP contribution is 2.35. The van der Waals surface area contributed by atoms with Crippen LogP contribution in [-0.4, -0.2) is 24.5 Å². The van der Waals surface area contributed by atoms with E-state index in [4.69, 9.17) is 14.7 Å². The van der Waals surface area contributed by atoms with Gasteiger partial charge in [-0.05, 0) is 12.1 Å². The van der Waals surface area contributed by atoms with Gasteiger partial charge in [0.2, 0.25) is 15.9 Å². The summed E-state index contributed by atoms with van der Waals surface area (Å²) in [5.41, 5.74) is 1.25. The lowest BCUT2D eigenvalue weighted by Crippen LogP contribution is -2.13. The van der Waals surface area contributed by atoms with Gasteiger partial charge in [0.1, 0.15) is 12.1 Å². The molecule has 7 nitrogen and oxygen atoms in total. The number of primary sulfonamides is 1. The van der Waals surface area contributed by atoms with Gasteiger partial charge in [-0.3, -0.25) is 4.79 Å². The van der Waals surface area contributed by atoms with E-state index in [2.05, 4.69) is 4.98 Å². The zero-order valence-corrected chi connectivity index (χ0v) is 13.7. The highest BCUT2D eigenvalue weighted by Gasteiger charge is 2.23. The summed E-state index contributed by atoms with van der Waals surface area (Å²) in [5, 5.41) is 14.3. The largest absolute Gasteiger partial charge is 0.481 e. The molecular formula is C17H14N2O5S. The first-order chi connectivity index (χ1) is 11.9. The van der Waals surface area contributed by atoms with Gasteiger partial charge < -0.3 is 9.52 Å². The van der Waals surface area contributed by atoms with Gasteiger partial charge in [0.05, 0.1) is 4.90 Å². The van der Waals surface area contributed by atoms with Crippen LogP contribution in [0.3, 0.4) is 0 Å². The van der Waals surface area contributed by atoms with E-state index in [1.807, 2.05) is 6.07 Å². The maximum atomic E-state index is 11.9. The number of nitrogens with zero attached hydrogens (tertiary/aromatic N) is 1. The highest BCUT2D eigenvalue weighted by molar-refractivity contribution is 7.89. The maximum Gasteiger partial charge on any atom is 0.312 e. The fourth-order valence-corrected chi connectivity index (χ4v) is 3.18. The van der Waals surface area contributed by atoms with E-state index in [0.29, 0.717) is 11.3 Å². The Labute approximate surface area is 143 Å². The van der Waals surface area contributed by atoms with Crippen LogP contribution in [0.1, 0.15) is 5.89 Å². The molecule has 25 heavy (non-hydrogen) atoms. The number of hydrogen-bond acceptors (Lipinski definition) is 5. The molecule has 3 rings (SSSR count). The summed E-state index contributed by atoms with van der Waals surface area (Å²) in [7, 11) is -4.00. The molecule has 0 atom stereocenters. The number of carboxylic acids is 1. The summed E-state index contributed by atoms with van der Waals surface area (Å²) in [6, 6.07) is 15.0. The third-order valence-electron chi connectivity index (χ3n) is 3.46. The second-order valence-corrected chi connectivity index (χ2v) is 6.79. The zero-order chi connectivity index (χ0) is 18.0. The molecule has 0 spiro atoms. The van der Waals surface area contributed by atoms with Crippen LogP contribution in [0.15, 0.2) is 63.9 Å². The number of nitrogens with two attached hydrogens (primary N) is 1. The quantitative estimate of drug-likeness (QED) is 0.721. The standard InChI is InChI=1S/C17H14N2O5S/c18-25(22,23)13-9-5-4-8-12(13)17-16(11-6-2-1-3-7-11)19-14(24-17)10-15(20)21/h1-9H,10H2,(H,20,21)(H2,18,22,23). The van der Waals surface area contributed by atoms with E-state index >= 15 is 0 Å². The van der Waals surface area contributed by atoms with Crippen LogP contribution >= 0.6 is 0 Å². The van der Waals surface area contributed by atoms with Crippen LogP contribution in [0.25, 0.3) is 22.6 Å². The van der Waals surface area contributed by atoms with E-state index < -0.39 is 22.4 Å². The predicted octanol–water partition coefficient (Wildman–Crippen LogP) is 2.28. The van der Waals surface area contributed by atoms with Crippen molar-refractivity contribution < 1.29 is 22.7 Å². The van der Waals surface area contributed by atoms with Crippen LogP contribution in [0.5, 0.6) is 0 Å². The molecule has 8 heteroatoms. The predicted molar refractivity (Wildman–Crippen MR) is 90.1 cm³/mol. The highest BCUT2D eigenvalue weighted by atomic mass is 32.2. The van der Waals surface area contributed by atoms with Crippen molar-refractivity contribution in [2.24, 2.45) is 5.14 Å². The lowest BCUT2D eigenvalue weighted by atomic mass is 10.1. The van der Waals surface area contributed by atoms with Crippen molar-refractivity contribution in [3.63, 3.8) is 0 Å². The number of hydrogen-bond donors (Lipinski definition) is 2. The molecule has 0 unspecified atom stereocenters. The van der Waals surface area contributed by atoms with Crippen LogP contribution < -0.4 is 5.14 Å². The van der Waals surface area contributed by atoms with Crippen LogP contribution in [-0.2, 0) is 21.2 Å². The van der Waals surface area contributed by atoms with Crippen LogP contribution in [0, 0.1) is 0 Å². The first-order valence-electron chi connectivity index (χ1n) is 7.25. The Hall–Kier alpha value is -2.97. The van der Waals surface area contributed by atoms with Gasteiger partial charge in [0, 0.05) is 11.1 Å². The molecular weight excluding hydrogens is 344 g/mol. The number of aromatic nitrogens is 1. The lowest BCUT2D eigenvalue weighted by molar-refractivity contribution is -0.136. The zero-order valence-electron chi connectivity index (χ0n) is 12.9. The summed E-state index contributed by atoms with van der Waals surface area (Å²) in [5.74, 6) is -0.968. The number of sulfonamides is 1. The average Bonchev–Trinajstić information content (AvgIpc) is 2.98. The Morgan fingerprint density at radius 1 is 1.08 bits per heavy atom. The third kappa shape index (κ3) is 3.59. The summed E-state index contributed by atoms with van der Waals surface area (Å²) in [6.07, 6.45) is -0.419. The van der Waals surface area contributed by atoms with E-state index in [0.717, 1.165) is 0 Å². The minimum Gasteiger partial charge on any atom is -0.481 e. The van der Waals surface area contributed by atoms with Gasteiger partial charge in [-0.1, -0.05) is 42.5 Å². The molecule has 0 aliphatic carbocycles. The summed E-state index contributed by atoms with van der Waals surface area (Å²) in [4.78, 5) is 15.1. The fraction of sp³-hybridized carbons (Fsp3) is 0.0588. The molecule has 128 valence electrons. The molecule has 3 aromatic rings. The number of carbonyl (C=O) groups is 1. The number of benzene rings is 2. The van der Waals surface area contributed by atoms with Crippen molar-refractivity contribution in [2.75, 3.05) is 0 Å². The molecule has 0 bridgehead atoms. The second kappa shape index (κ2) is 6.50. The average molecular weight is 358 g/mol. The molecule has 0 amide bonds. The maximum absolute atomic E-state index is 11.9. The molecule has 3 N–H and O–H groups in total. The SMILES string of the molecule is NS(=O)(=O)c1ccccc1-c1oc(CC(=O)O)nc1-c1ccccc1. The van der Waals surface area contributed by atoms with E-state index in [9.17, 15) is 13.2 Å². The minimum atomic E-state index is -4.00. The van der Waals surface area contributed by atoms with E-state index in [1.165, 1.54) is 12.1 Å². The fourth-order valence-electron chi connectivity index (χ4n) is 2.45. The van der Waals surface area contributed by atoms with Gasteiger partial charge in [0.15, 0.2) is 5.76 Å². The molecule has 1 heterocycles. The Kier molecular flexibility index (Phi) is 4.39. The van der Waals surface area contributed by atoms with Gasteiger partial charge >= 0.3 is 5.97 Å². The molecule has 0 saturated carbocycles. The summed E-state index contributed by atoms with van der Waals surface area (Å²) < 4.78 is 29.4. The molecule has 1 aromatic heterocycles. The summed E-state index contributed by atoms with van der Waals surface area (Å²) in [6.45, 7) is 0. The monoisotopic (exact) mass is 358 g/mol. The molecule has 0 radical (unpaired) electrons. The van der Waals surface area contributed by atoms with Crippen molar-refractivity contribution in [1.82, 2.24) is 4.98 Å². The molecule has 0 fully saturated rings. The molecule has 2 aromatic carbocycles. The van der Waals surface area contributed by atoms with Crippen LogP contribution in [0.2, 0.25) is 0 Å². The first-order valence-corrected chi connectivity index (χ1v) is 8.80. The smallest absolute Gasteiger partial charge is 0.312 e. The molecule has 0 aliphatic heterocycles. The number of oxazole rings is 1. The van der Waals surface area contributed by atoms with Gasteiger partial charge in [-0.15, -0.1) is 0 Å². The normalized spacial score (nSPS) is 11.4. The van der Waals surface area contributed by atoms with Crippen molar-refractivity contribution in [3.8, 4) is 22.6 Å². The first kappa shape index (κ1) is 16.9. The topological polar surface area (TPSA) is 123 Å². The Morgan fingerprint density at radius 2 is 1.72 bits per heavy atom. The Balaban J connectivity index is 2.26. The van der Waals surface area contributed by atoms with Crippen molar-refractivity contribution >= 4 is 16.0 Å². The lowest BCUT2D eigenvalue weighted by Gasteiger charge is -2.06. The minimum absolute atomic E-state index is 0.0226. The van der Waals surface area contributed by atoms with E-state index in [1.54, 1.807) is 36.4 Å². The number of aliphatic carboxylic acids is 1. The van der Waals surface area contributed by atoms with Gasteiger partial charge in [-0.2, -0.15) is 0 Å². The second-order valence-electron chi connectivity index (χ2n) is 5.26. The molecule has 0 saturated heterocycles. The van der Waals surface area contributed by atoms with Crippen molar-refractivity contribution in [3.05, 3.63) is 60.5 Å². The van der Waals surface area contributed by atoms with Gasteiger partial charge in [0.25, 0.3) is 0 Å². The number of rotatable bonds is 5. The van der Waals surface area contributed by atoms with Crippen LogP contribution in [0.4, 0.5) is 0 Å². The number of carboxylic acid groups (broad SMARTS) is 1. The van der Waals surface area contributed by atoms with Crippen molar-refractivity contribution in [1.29, 1.82) is 0 Å².